The average molecular weight is 319 g/mol. The van der Waals surface area contributed by atoms with Gasteiger partial charge in [-0.25, -0.2) is 4.98 Å². The van der Waals surface area contributed by atoms with Crippen molar-refractivity contribution in [2.45, 2.75) is 51.9 Å². The van der Waals surface area contributed by atoms with Crippen LogP contribution >= 0.6 is 11.3 Å². The third kappa shape index (κ3) is 3.06. The van der Waals surface area contributed by atoms with Gasteiger partial charge in [0.2, 0.25) is 5.91 Å². The Morgan fingerprint density at radius 3 is 3.00 bits per heavy atom. The van der Waals surface area contributed by atoms with Gasteiger partial charge in [0.25, 0.3) is 5.56 Å². The highest BCUT2D eigenvalue weighted by atomic mass is 32.1. The molecular formula is C16H21N3O2S. The lowest BCUT2D eigenvalue weighted by Crippen LogP contribution is -2.24. The standard InChI is InChI=1S/C16H21N3O2S/c1-2-9-17-13(20)8-7-12-18-15(21)14-10-5-3-4-6-11(10)22-16(14)19-12/h2-9H2,1H3,(H,17,20)(H,18,19,21). The van der Waals surface area contributed by atoms with Crippen LogP contribution in [0.15, 0.2) is 4.79 Å². The predicted molar refractivity (Wildman–Crippen MR) is 88.5 cm³/mol. The van der Waals surface area contributed by atoms with Crippen LogP contribution in [-0.4, -0.2) is 22.4 Å². The second-order valence-electron chi connectivity index (χ2n) is 5.75. The molecule has 0 bridgehead atoms. The molecule has 0 spiro atoms. The number of hydrogen-bond acceptors (Lipinski definition) is 4. The minimum atomic E-state index is -0.0478. The highest BCUT2D eigenvalue weighted by Crippen LogP contribution is 2.33. The maximum atomic E-state index is 12.4. The van der Waals surface area contributed by atoms with Crippen LogP contribution in [0.3, 0.4) is 0 Å². The summed E-state index contributed by atoms with van der Waals surface area (Å²) in [5.41, 5.74) is 1.15. The van der Waals surface area contributed by atoms with Crippen LogP contribution < -0.4 is 10.9 Å². The molecule has 2 heterocycles. The van der Waals surface area contributed by atoms with Crippen LogP contribution in [0.2, 0.25) is 0 Å². The summed E-state index contributed by atoms with van der Waals surface area (Å²) in [7, 11) is 0. The fourth-order valence-electron chi connectivity index (χ4n) is 2.91. The molecule has 0 saturated carbocycles. The largest absolute Gasteiger partial charge is 0.356 e. The molecule has 0 atom stereocenters. The Kier molecular flexibility index (Phi) is 4.57. The van der Waals surface area contributed by atoms with E-state index in [9.17, 15) is 9.59 Å². The quantitative estimate of drug-likeness (QED) is 0.888. The van der Waals surface area contributed by atoms with Crippen LogP contribution in [0.1, 0.15) is 48.9 Å². The summed E-state index contributed by atoms with van der Waals surface area (Å²) < 4.78 is 0. The van der Waals surface area contributed by atoms with Crippen LogP contribution in [0, 0.1) is 0 Å². The molecule has 5 nitrogen and oxygen atoms in total. The van der Waals surface area contributed by atoms with Crippen molar-refractivity contribution in [2.24, 2.45) is 0 Å². The Bertz CT molecular complexity index is 748. The zero-order chi connectivity index (χ0) is 15.5. The minimum absolute atomic E-state index is 0.00932. The van der Waals surface area contributed by atoms with Crippen molar-refractivity contribution in [1.29, 1.82) is 0 Å². The SMILES string of the molecule is CCCNC(=O)CCc1nc2sc3c(c2c(=O)[nH]1)CCCC3. The van der Waals surface area contributed by atoms with Crippen molar-refractivity contribution in [3.05, 3.63) is 26.6 Å². The fraction of sp³-hybridized carbons (Fsp3) is 0.562. The van der Waals surface area contributed by atoms with Gasteiger partial charge >= 0.3 is 0 Å². The van der Waals surface area contributed by atoms with Gasteiger partial charge in [-0.05, 0) is 37.7 Å². The van der Waals surface area contributed by atoms with Crippen LogP contribution in [0.5, 0.6) is 0 Å². The zero-order valence-electron chi connectivity index (χ0n) is 12.8. The molecule has 1 aliphatic carbocycles. The van der Waals surface area contributed by atoms with Gasteiger partial charge in [-0.15, -0.1) is 11.3 Å². The van der Waals surface area contributed by atoms with Gasteiger partial charge in [0.15, 0.2) is 0 Å². The Balaban J connectivity index is 1.81. The number of H-pyrrole nitrogens is 1. The van der Waals surface area contributed by atoms with Gasteiger partial charge in [-0.3, -0.25) is 9.59 Å². The molecule has 0 unspecified atom stereocenters. The molecule has 1 amide bonds. The molecule has 22 heavy (non-hydrogen) atoms. The molecule has 0 aliphatic heterocycles. The summed E-state index contributed by atoms with van der Waals surface area (Å²) >= 11 is 1.64. The summed E-state index contributed by atoms with van der Waals surface area (Å²) in [6.07, 6.45) is 6.15. The molecule has 3 rings (SSSR count). The second-order valence-corrected chi connectivity index (χ2v) is 6.84. The highest BCUT2D eigenvalue weighted by Gasteiger charge is 2.19. The first-order chi connectivity index (χ1) is 10.7. The Morgan fingerprint density at radius 1 is 1.36 bits per heavy atom. The molecule has 2 N–H and O–H groups in total. The average Bonchev–Trinajstić information content (AvgIpc) is 2.89. The third-order valence-electron chi connectivity index (χ3n) is 4.04. The number of aryl methyl sites for hydroxylation is 3. The van der Waals surface area contributed by atoms with E-state index in [1.54, 1.807) is 11.3 Å². The smallest absolute Gasteiger partial charge is 0.259 e. The lowest BCUT2D eigenvalue weighted by Gasteiger charge is -2.09. The van der Waals surface area contributed by atoms with Crippen molar-refractivity contribution < 1.29 is 4.79 Å². The van der Waals surface area contributed by atoms with E-state index in [0.29, 0.717) is 25.2 Å². The van der Waals surface area contributed by atoms with Crippen molar-refractivity contribution in [2.75, 3.05) is 6.54 Å². The minimum Gasteiger partial charge on any atom is -0.356 e. The molecule has 0 radical (unpaired) electrons. The summed E-state index contributed by atoms with van der Waals surface area (Å²) in [5.74, 6) is 0.623. The molecule has 2 aromatic rings. The maximum Gasteiger partial charge on any atom is 0.259 e. The molecule has 1 aliphatic rings. The van der Waals surface area contributed by atoms with Crippen LogP contribution in [0.25, 0.3) is 10.2 Å². The number of fused-ring (bicyclic) bond motifs is 3. The van der Waals surface area contributed by atoms with Gasteiger partial charge in [-0.1, -0.05) is 6.92 Å². The van der Waals surface area contributed by atoms with Crippen molar-refractivity contribution in [3.63, 3.8) is 0 Å². The number of hydrogen-bond donors (Lipinski definition) is 2. The molecule has 0 saturated heterocycles. The van der Waals surface area contributed by atoms with E-state index in [-0.39, 0.29) is 11.5 Å². The normalized spacial score (nSPS) is 14.0. The van der Waals surface area contributed by atoms with E-state index in [2.05, 4.69) is 15.3 Å². The summed E-state index contributed by atoms with van der Waals surface area (Å²) in [5, 5.41) is 3.61. The van der Waals surface area contributed by atoms with Crippen molar-refractivity contribution in [3.8, 4) is 0 Å². The van der Waals surface area contributed by atoms with E-state index in [0.717, 1.165) is 35.9 Å². The number of nitrogens with zero attached hydrogens (tertiary/aromatic N) is 1. The molecular weight excluding hydrogens is 298 g/mol. The summed E-state index contributed by atoms with van der Waals surface area (Å²) in [6, 6.07) is 0. The number of aromatic nitrogens is 2. The lowest BCUT2D eigenvalue weighted by atomic mass is 9.97. The molecule has 6 heteroatoms. The van der Waals surface area contributed by atoms with Gasteiger partial charge in [0.1, 0.15) is 10.7 Å². The molecule has 118 valence electrons. The van der Waals surface area contributed by atoms with Gasteiger partial charge in [0.05, 0.1) is 5.39 Å². The molecule has 0 aromatic carbocycles. The fourth-order valence-corrected chi connectivity index (χ4v) is 4.19. The van der Waals surface area contributed by atoms with Gasteiger partial charge in [-0.2, -0.15) is 0 Å². The van der Waals surface area contributed by atoms with E-state index in [1.807, 2.05) is 6.92 Å². The topological polar surface area (TPSA) is 74.8 Å². The number of carbonyl (C=O) groups is 1. The number of rotatable bonds is 5. The number of thiophene rings is 1. The highest BCUT2D eigenvalue weighted by molar-refractivity contribution is 7.18. The number of aromatic amines is 1. The zero-order valence-corrected chi connectivity index (χ0v) is 13.6. The maximum absolute atomic E-state index is 12.4. The van der Waals surface area contributed by atoms with Gasteiger partial charge < -0.3 is 10.3 Å². The first-order valence-electron chi connectivity index (χ1n) is 7.99. The molecule has 0 fully saturated rings. The van der Waals surface area contributed by atoms with E-state index in [4.69, 9.17) is 0 Å². The Labute approximate surface area is 133 Å². The molecule has 2 aromatic heterocycles. The second kappa shape index (κ2) is 6.60. The van der Waals surface area contributed by atoms with Crippen LogP contribution in [0.4, 0.5) is 0 Å². The Morgan fingerprint density at radius 2 is 2.18 bits per heavy atom. The Hall–Kier alpha value is -1.69. The predicted octanol–water partition coefficient (Wildman–Crippen LogP) is 2.32. The van der Waals surface area contributed by atoms with Crippen molar-refractivity contribution >= 4 is 27.5 Å². The lowest BCUT2D eigenvalue weighted by molar-refractivity contribution is -0.121. The van der Waals surface area contributed by atoms with Gasteiger partial charge in [0, 0.05) is 24.3 Å². The van der Waals surface area contributed by atoms with Crippen molar-refractivity contribution in [1.82, 2.24) is 15.3 Å². The number of carbonyl (C=O) groups excluding carboxylic acids is 1. The third-order valence-corrected chi connectivity index (χ3v) is 5.22. The van der Waals surface area contributed by atoms with E-state index in [1.165, 1.54) is 16.9 Å². The summed E-state index contributed by atoms with van der Waals surface area (Å²) in [4.78, 5) is 33.6. The number of nitrogens with one attached hydrogen (secondary N) is 2. The summed E-state index contributed by atoms with van der Waals surface area (Å²) in [6.45, 7) is 2.71. The monoisotopic (exact) mass is 319 g/mol. The number of amides is 1. The van der Waals surface area contributed by atoms with E-state index >= 15 is 0 Å². The first-order valence-corrected chi connectivity index (χ1v) is 8.81. The van der Waals surface area contributed by atoms with Crippen LogP contribution in [-0.2, 0) is 24.1 Å². The van der Waals surface area contributed by atoms with E-state index < -0.39 is 0 Å². The first kappa shape index (κ1) is 15.2.